The van der Waals surface area contributed by atoms with Crippen molar-refractivity contribution in [3.05, 3.63) is 34.1 Å². The van der Waals surface area contributed by atoms with Crippen molar-refractivity contribution in [2.24, 2.45) is 17.7 Å². The number of hydrogen-bond acceptors (Lipinski definition) is 2. The summed E-state index contributed by atoms with van der Waals surface area (Å²) in [5.74, 6) is 7.00. The minimum atomic E-state index is -0.209. The van der Waals surface area contributed by atoms with Gasteiger partial charge < -0.3 is 0 Å². The van der Waals surface area contributed by atoms with Crippen molar-refractivity contribution in [3.8, 4) is 0 Å². The molecule has 0 saturated heterocycles. The summed E-state index contributed by atoms with van der Waals surface area (Å²) in [4.78, 5) is 0. The summed E-state index contributed by atoms with van der Waals surface area (Å²) >= 11 is 3.43. The van der Waals surface area contributed by atoms with E-state index in [2.05, 4.69) is 28.3 Å². The molecule has 1 aromatic carbocycles. The highest BCUT2D eigenvalue weighted by Crippen LogP contribution is 2.36. The van der Waals surface area contributed by atoms with E-state index in [1.54, 1.807) is 0 Å². The zero-order valence-corrected chi connectivity index (χ0v) is 12.9. The molecule has 0 spiro atoms. The highest BCUT2D eigenvalue weighted by molar-refractivity contribution is 9.10. The Hall–Kier alpha value is -0.450. The van der Waals surface area contributed by atoms with E-state index in [1.807, 2.05) is 6.07 Å². The normalized spacial score (nSPS) is 24.6. The summed E-state index contributed by atoms with van der Waals surface area (Å²) in [6, 6.07) is 5.15. The number of hydrogen-bond donors (Lipinski definition) is 2. The number of rotatable bonds is 5. The van der Waals surface area contributed by atoms with Gasteiger partial charge in [0.25, 0.3) is 0 Å². The smallest absolute Gasteiger partial charge is 0.124 e. The molecule has 0 heterocycles. The average molecular weight is 329 g/mol. The molecular weight excluding hydrogens is 307 g/mol. The van der Waals surface area contributed by atoms with Gasteiger partial charge in [0.15, 0.2) is 0 Å². The minimum Gasteiger partial charge on any atom is -0.271 e. The molecule has 1 aliphatic rings. The molecule has 4 heteroatoms. The van der Waals surface area contributed by atoms with Crippen LogP contribution in [0, 0.1) is 17.7 Å². The molecule has 0 amide bonds. The van der Waals surface area contributed by atoms with E-state index >= 15 is 0 Å². The molecule has 1 aliphatic carbocycles. The maximum atomic E-state index is 13.1. The Kier molecular flexibility index (Phi) is 5.37. The minimum absolute atomic E-state index is 0.209. The van der Waals surface area contributed by atoms with E-state index < -0.39 is 0 Å². The summed E-state index contributed by atoms with van der Waals surface area (Å²) in [5, 5.41) is 0. The number of nitrogens with two attached hydrogens (primary N) is 1. The zero-order valence-electron chi connectivity index (χ0n) is 11.3. The fraction of sp³-hybridized carbons (Fsp3) is 0.600. The third-order valence-electron chi connectivity index (χ3n) is 4.40. The highest BCUT2D eigenvalue weighted by atomic mass is 79.9. The Morgan fingerprint density at radius 3 is 2.84 bits per heavy atom. The fourth-order valence-corrected chi connectivity index (χ4v) is 3.65. The van der Waals surface area contributed by atoms with Crippen LogP contribution in [0.3, 0.4) is 0 Å². The van der Waals surface area contributed by atoms with E-state index in [-0.39, 0.29) is 11.9 Å². The van der Waals surface area contributed by atoms with Crippen LogP contribution < -0.4 is 11.3 Å². The van der Waals surface area contributed by atoms with Gasteiger partial charge in [0.05, 0.1) is 0 Å². The van der Waals surface area contributed by atoms with Crippen molar-refractivity contribution in [1.82, 2.24) is 5.43 Å². The van der Waals surface area contributed by atoms with E-state index in [0.717, 1.165) is 22.4 Å². The van der Waals surface area contributed by atoms with Crippen LogP contribution >= 0.6 is 15.9 Å². The largest absolute Gasteiger partial charge is 0.271 e. The SMILES string of the molecule is CCC1CCC(C(Cc2ccc(F)cc2Br)NN)C1. The third-order valence-corrected chi connectivity index (χ3v) is 5.14. The van der Waals surface area contributed by atoms with Gasteiger partial charge in [-0.1, -0.05) is 41.8 Å². The molecule has 0 aromatic heterocycles. The lowest BCUT2D eigenvalue weighted by Gasteiger charge is -2.23. The van der Waals surface area contributed by atoms with Crippen LogP contribution in [0.15, 0.2) is 22.7 Å². The molecule has 0 bridgehead atoms. The van der Waals surface area contributed by atoms with Gasteiger partial charge in [-0.3, -0.25) is 11.3 Å². The number of benzene rings is 1. The monoisotopic (exact) mass is 328 g/mol. The molecule has 2 rings (SSSR count). The molecule has 1 aromatic rings. The molecule has 0 radical (unpaired) electrons. The van der Waals surface area contributed by atoms with Crippen LogP contribution in [-0.4, -0.2) is 6.04 Å². The van der Waals surface area contributed by atoms with Crippen molar-refractivity contribution >= 4 is 15.9 Å². The van der Waals surface area contributed by atoms with Gasteiger partial charge in [-0.05, 0) is 48.8 Å². The van der Waals surface area contributed by atoms with E-state index in [1.165, 1.54) is 37.8 Å². The van der Waals surface area contributed by atoms with Crippen molar-refractivity contribution < 1.29 is 4.39 Å². The Labute approximate surface area is 123 Å². The van der Waals surface area contributed by atoms with E-state index in [4.69, 9.17) is 5.84 Å². The predicted molar refractivity (Wildman–Crippen MR) is 80.0 cm³/mol. The van der Waals surface area contributed by atoms with Crippen LogP contribution in [-0.2, 0) is 6.42 Å². The van der Waals surface area contributed by atoms with Crippen molar-refractivity contribution in [3.63, 3.8) is 0 Å². The standard InChI is InChI=1S/C15H22BrFN2/c1-2-10-3-4-12(7-10)15(19-18)8-11-5-6-13(17)9-14(11)16/h5-6,9-10,12,15,19H,2-4,7-8,18H2,1H3. The molecule has 3 N–H and O–H groups in total. The van der Waals surface area contributed by atoms with E-state index in [0.29, 0.717) is 5.92 Å². The zero-order chi connectivity index (χ0) is 13.8. The number of nitrogens with one attached hydrogen (secondary N) is 1. The average Bonchev–Trinajstić information content (AvgIpc) is 2.86. The van der Waals surface area contributed by atoms with Crippen LogP contribution in [0.4, 0.5) is 4.39 Å². The van der Waals surface area contributed by atoms with Gasteiger partial charge in [0.2, 0.25) is 0 Å². The molecule has 1 fully saturated rings. The van der Waals surface area contributed by atoms with Gasteiger partial charge in [-0.2, -0.15) is 0 Å². The van der Waals surface area contributed by atoms with Gasteiger partial charge >= 0.3 is 0 Å². The molecule has 2 nitrogen and oxygen atoms in total. The topological polar surface area (TPSA) is 38.0 Å². The lowest BCUT2D eigenvalue weighted by Crippen LogP contribution is -2.41. The molecular formula is C15H22BrFN2. The van der Waals surface area contributed by atoms with Gasteiger partial charge in [0, 0.05) is 10.5 Å². The Balaban J connectivity index is 2.03. The first-order valence-corrected chi connectivity index (χ1v) is 7.83. The van der Waals surface area contributed by atoms with Crippen LogP contribution in [0.1, 0.15) is 38.2 Å². The molecule has 3 unspecified atom stereocenters. The van der Waals surface area contributed by atoms with Crippen molar-refractivity contribution in [1.29, 1.82) is 0 Å². The summed E-state index contributed by atoms with van der Waals surface area (Å²) in [7, 11) is 0. The summed E-state index contributed by atoms with van der Waals surface area (Å²) in [6.45, 7) is 2.26. The van der Waals surface area contributed by atoms with Gasteiger partial charge in [-0.25, -0.2) is 4.39 Å². The second-order valence-electron chi connectivity index (χ2n) is 5.56. The van der Waals surface area contributed by atoms with Crippen LogP contribution in [0.5, 0.6) is 0 Å². The third kappa shape index (κ3) is 3.77. The van der Waals surface area contributed by atoms with Crippen molar-refractivity contribution in [2.45, 2.75) is 45.1 Å². The number of hydrazine groups is 1. The summed E-state index contributed by atoms with van der Waals surface area (Å²) in [5.41, 5.74) is 4.08. The Morgan fingerprint density at radius 2 is 2.26 bits per heavy atom. The Bertz CT molecular complexity index is 425. The van der Waals surface area contributed by atoms with Crippen molar-refractivity contribution in [2.75, 3.05) is 0 Å². The maximum Gasteiger partial charge on any atom is 0.124 e. The molecule has 0 aliphatic heterocycles. The first-order valence-electron chi connectivity index (χ1n) is 7.04. The van der Waals surface area contributed by atoms with Gasteiger partial charge in [-0.15, -0.1) is 0 Å². The molecule has 1 saturated carbocycles. The second kappa shape index (κ2) is 6.82. The van der Waals surface area contributed by atoms with E-state index in [9.17, 15) is 4.39 Å². The van der Waals surface area contributed by atoms with Crippen LogP contribution in [0.25, 0.3) is 0 Å². The lowest BCUT2D eigenvalue weighted by atomic mass is 9.91. The lowest BCUT2D eigenvalue weighted by molar-refractivity contribution is 0.347. The quantitative estimate of drug-likeness (QED) is 0.637. The second-order valence-corrected chi connectivity index (χ2v) is 6.41. The summed E-state index contributed by atoms with van der Waals surface area (Å²) < 4.78 is 13.9. The summed E-state index contributed by atoms with van der Waals surface area (Å²) in [6.07, 6.45) is 5.91. The fourth-order valence-electron chi connectivity index (χ4n) is 3.14. The Morgan fingerprint density at radius 1 is 1.47 bits per heavy atom. The first kappa shape index (κ1) is 14.9. The highest BCUT2D eigenvalue weighted by Gasteiger charge is 2.29. The maximum absolute atomic E-state index is 13.1. The van der Waals surface area contributed by atoms with Gasteiger partial charge in [0.1, 0.15) is 5.82 Å². The predicted octanol–water partition coefficient (Wildman–Crippen LogP) is 3.79. The molecule has 19 heavy (non-hydrogen) atoms. The molecule has 106 valence electrons. The molecule has 3 atom stereocenters. The van der Waals surface area contributed by atoms with Crippen LogP contribution in [0.2, 0.25) is 0 Å². The first-order chi connectivity index (χ1) is 9.13. The number of halogens is 2.